The minimum atomic E-state index is 0.396. The van der Waals surface area contributed by atoms with Gasteiger partial charge in [0.05, 0.1) is 12.4 Å². The van der Waals surface area contributed by atoms with Crippen molar-refractivity contribution in [2.24, 2.45) is 0 Å². The summed E-state index contributed by atoms with van der Waals surface area (Å²) in [7, 11) is 0. The minimum absolute atomic E-state index is 0.396. The fourth-order valence-corrected chi connectivity index (χ4v) is 1.95. The summed E-state index contributed by atoms with van der Waals surface area (Å²) in [5.74, 6) is 1.77. The zero-order valence-corrected chi connectivity index (χ0v) is 10.9. The fraction of sp³-hybridized carbons (Fsp3) is 0.250. The summed E-state index contributed by atoms with van der Waals surface area (Å²) in [6.07, 6.45) is 3.51. The van der Waals surface area contributed by atoms with Crippen LogP contribution in [-0.2, 0) is 12.4 Å². The van der Waals surface area contributed by atoms with Crippen molar-refractivity contribution in [1.29, 1.82) is 0 Å². The van der Waals surface area contributed by atoms with Crippen molar-refractivity contribution in [3.63, 3.8) is 0 Å². The lowest BCUT2D eigenvalue weighted by atomic mass is 10.2. The Morgan fingerprint density at radius 3 is 2.76 bits per heavy atom. The van der Waals surface area contributed by atoms with E-state index in [0.717, 1.165) is 12.1 Å². The van der Waals surface area contributed by atoms with Gasteiger partial charge in [-0.2, -0.15) is 5.10 Å². The molecular formula is C12H12Cl2N2O. The van der Waals surface area contributed by atoms with Crippen molar-refractivity contribution < 1.29 is 4.74 Å². The molecule has 0 radical (unpaired) electrons. The Bertz CT molecular complexity index is 511. The molecule has 17 heavy (non-hydrogen) atoms. The minimum Gasteiger partial charge on any atom is -0.454 e. The van der Waals surface area contributed by atoms with E-state index in [2.05, 4.69) is 5.10 Å². The monoisotopic (exact) mass is 270 g/mol. The quantitative estimate of drug-likeness (QED) is 0.783. The van der Waals surface area contributed by atoms with Gasteiger partial charge < -0.3 is 4.74 Å². The van der Waals surface area contributed by atoms with Crippen molar-refractivity contribution in [3.05, 3.63) is 41.2 Å². The highest BCUT2D eigenvalue weighted by molar-refractivity contribution is 6.32. The van der Waals surface area contributed by atoms with Gasteiger partial charge in [-0.1, -0.05) is 17.7 Å². The molecule has 5 heteroatoms. The van der Waals surface area contributed by atoms with Gasteiger partial charge in [-0.3, -0.25) is 4.68 Å². The number of hydrogen-bond acceptors (Lipinski definition) is 2. The molecule has 0 amide bonds. The first-order valence-electron chi connectivity index (χ1n) is 5.27. The molecule has 2 aromatic rings. The summed E-state index contributed by atoms with van der Waals surface area (Å²) in [5, 5.41) is 4.74. The lowest BCUT2D eigenvalue weighted by molar-refractivity contribution is 0.481. The van der Waals surface area contributed by atoms with Gasteiger partial charge in [-0.15, -0.1) is 11.6 Å². The molecule has 3 nitrogen and oxygen atoms in total. The molecule has 0 aliphatic heterocycles. The Labute approximate surface area is 110 Å². The average Bonchev–Trinajstić information content (AvgIpc) is 2.77. The van der Waals surface area contributed by atoms with Crippen molar-refractivity contribution in [3.8, 4) is 11.5 Å². The summed E-state index contributed by atoms with van der Waals surface area (Å²) >= 11 is 11.8. The Kier molecular flexibility index (Phi) is 3.92. The zero-order chi connectivity index (χ0) is 12.3. The van der Waals surface area contributed by atoms with Gasteiger partial charge in [0.1, 0.15) is 5.75 Å². The Hall–Kier alpha value is -1.19. The lowest BCUT2D eigenvalue weighted by Crippen LogP contribution is -1.92. The van der Waals surface area contributed by atoms with Crippen LogP contribution in [0.4, 0.5) is 0 Å². The summed E-state index contributed by atoms with van der Waals surface area (Å²) in [4.78, 5) is 0. The van der Waals surface area contributed by atoms with Gasteiger partial charge in [0.2, 0.25) is 0 Å². The summed E-state index contributed by atoms with van der Waals surface area (Å²) in [6, 6.07) is 5.45. The summed E-state index contributed by atoms with van der Waals surface area (Å²) in [5.41, 5.74) is 0.893. The first kappa shape index (κ1) is 12.3. The van der Waals surface area contributed by atoms with E-state index in [1.807, 2.05) is 25.3 Å². The number of alkyl halides is 1. The van der Waals surface area contributed by atoms with Crippen LogP contribution in [0.3, 0.4) is 0 Å². The van der Waals surface area contributed by atoms with E-state index in [1.54, 1.807) is 16.9 Å². The predicted octanol–water partition coefficient (Wildman–Crippen LogP) is 4.09. The number of halogens is 2. The molecular weight excluding hydrogens is 259 g/mol. The van der Waals surface area contributed by atoms with Crippen LogP contribution in [-0.4, -0.2) is 9.78 Å². The van der Waals surface area contributed by atoms with Crippen LogP contribution in [0.25, 0.3) is 0 Å². The third kappa shape index (κ3) is 2.93. The molecule has 1 heterocycles. The van der Waals surface area contributed by atoms with Gasteiger partial charge in [-0.05, 0) is 24.6 Å². The van der Waals surface area contributed by atoms with Gasteiger partial charge in [-0.25, -0.2) is 0 Å². The van der Waals surface area contributed by atoms with Crippen LogP contribution in [0.1, 0.15) is 12.5 Å². The van der Waals surface area contributed by atoms with Crippen LogP contribution < -0.4 is 4.74 Å². The maximum Gasteiger partial charge on any atom is 0.165 e. The average molecular weight is 271 g/mol. The molecule has 0 saturated carbocycles. The van der Waals surface area contributed by atoms with Crippen LogP contribution in [0.2, 0.25) is 5.02 Å². The fourth-order valence-electron chi connectivity index (χ4n) is 1.41. The van der Waals surface area contributed by atoms with Crippen molar-refractivity contribution in [2.75, 3.05) is 0 Å². The molecule has 1 aromatic carbocycles. The smallest absolute Gasteiger partial charge is 0.165 e. The number of rotatable bonds is 4. The second-order valence-corrected chi connectivity index (χ2v) is 4.20. The molecule has 2 rings (SSSR count). The Morgan fingerprint density at radius 1 is 1.35 bits per heavy atom. The number of nitrogens with zero attached hydrogens (tertiary/aromatic N) is 2. The summed E-state index contributed by atoms with van der Waals surface area (Å²) in [6.45, 7) is 2.83. The predicted molar refractivity (Wildman–Crippen MR) is 69.0 cm³/mol. The molecule has 0 spiro atoms. The zero-order valence-electron chi connectivity index (χ0n) is 9.36. The lowest BCUT2D eigenvalue weighted by Gasteiger charge is -2.05. The second-order valence-electron chi connectivity index (χ2n) is 3.52. The van der Waals surface area contributed by atoms with Gasteiger partial charge >= 0.3 is 0 Å². The van der Waals surface area contributed by atoms with E-state index in [1.165, 1.54) is 0 Å². The Morgan fingerprint density at radius 2 is 2.18 bits per heavy atom. The normalized spacial score (nSPS) is 10.5. The maximum atomic E-state index is 6.04. The topological polar surface area (TPSA) is 27.1 Å². The largest absolute Gasteiger partial charge is 0.454 e. The number of aryl methyl sites for hydroxylation is 1. The second kappa shape index (κ2) is 5.43. The highest BCUT2D eigenvalue weighted by atomic mass is 35.5. The molecule has 0 fully saturated rings. The van der Waals surface area contributed by atoms with E-state index in [-0.39, 0.29) is 0 Å². The van der Waals surface area contributed by atoms with Crippen molar-refractivity contribution in [2.45, 2.75) is 19.3 Å². The molecule has 1 aromatic heterocycles. The molecule has 0 atom stereocenters. The van der Waals surface area contributed by atoms with Crippen LogP contribution in [0.15, 0.2) is 30.6 Å². The third-order valence-electron chi connectivity index (χ3n) is 2.34. The molecule has 0 aliphatic rings. The highest BCUT2D eigenvalue weighted by Gasteiger charge is 2.04. The van der Waals surface area contributed by atoms with E-state index in [9.17, 15) is 0 Å². The molecule has 0 saturated heterocycles. The van der Waals surface area contributed by atoms with E-state index >= 15 is 0 Å². The first-order chi connectivity index (χ1) is 8.22. The van der Waals surface area contributed by atoms with Gasteiger partial charge in [0.15, 0.2) is 5.75 Å². The van der Waals surface area contributed by atoms with Gasteiger partial charge in [0.25, 0.3) is 0 Å². The number of ether oxygens (including phenoxy) is 1. The molecule has 90 valence electrons. The van der Waals surface area contributed by atoms with Crippen molar-refractivity contribution in [1.82, 2.24) is 9.78 Å². The van der Waals surface area contributed by atoms with Gasteiger partial charge in [0, 0.05) is 17.4 Å². The van der Waals surface area contributed by atoms with Crippen molar-refractivity contribution >= 4 is 23.2 Å². The molecule has 0 bridgehead atoms. The van der Waals surface area contributed by atoms with E-state index in [4.69, 9.17) is 27.9 Å². The van der Waals surface area contributed by atoms with Crippen LogP contribution in [0, 0.1) is 0 Å². The van der Waals surface area contributed by atoms with Crippen LogP contribution in [0.5, 0.6) is 11.5 Å². The number of benzene rings is 1. The molecule has 0 aliphatic carbocycles. The molecule has 0 N–H and O–H groups in total. The van der Waals surface area contributed by atoms with E-state index < -0.39 is 0 Å². The number of hydrogen-bond donors (Lipinski definition) is 0. The maximum absolute atomic E-state index is 6.04. The standard InChI is InChI=1S/C12H12Cl2N2O/c1-2-16-8-11(7-15-16)17-10-4-3-9(6-13)12(14)5-10/h3-5,7-8H,2,6H2,1H3. The third-order valence-corrected chi connectivity index (χ3v) is 2.98. The highest BCUT2D eigenvalue weighted by Crippen LogP contribution is 2.27. The molecule has 0 unspecified atom stereocenters. The SMILES string of the molecule is CCn1cc(Oc2ccc(CCl)c(Cl)c2)cn1. The first-order valence-corrected chi connectivity index (χ1v) is 6.19. The van der Waals surface area contributed by atoms with E-state index in [0.29, 0.717) is 22.4 Å². The Balaban J connectivity index is 2.15. The van der Waals surface area contributed by atoms with Crippen LogP contribution >= 0.6 is 23.2 Å². The number of aromatic nitrogens is 2. The summed E-state index contributed by atoms with van der Waals surface area (Å²) < 4.78 is 7.43.